The van der Waals surface area contributed by atoms with Gasteiger partial charge in [0.15, 0.2) is 4.24 Å². The maximum Gasteiger partial charge on any atom is 0.328 e. The molecule has 0 aromatic heterocycles. The number of hydrogen-bond donors (Lipinski definition) is 4. The normalized spacial score (nSPS) is 22.9. The van der Waals surface area contributed by atoms with Crippen molar-refractivity contribution >= 4 is 35.7 Å². The van der Waals surface area contributed by atoms with Crippen molar-refractivity contribution in [2.45, 2.75) is 12.8 Å². The monoisotopic (exact) mass is 262 g/mol. The van der Waals surface area contributed by atoms with Gasteiger partial charge < -0.3 is 0 Å². The summed E-state index contributed by atoms with van der Waals surface area (Å²) in [6, 6.07) is -2.22. The molecule has 0 aliphatic carbocycles. The Hall–Kier alpha value is -2.78. The SMILES string of the molecule is [3H]N1C(=O)CC(=O)N([3H])C1=O.[3H]N1C(=O)CC(=O)NC1=O. The van der Waals surface area contributed by atoms with E-state index in [0.29, 0.717) is 0 Å². The molecule has 0 aromatic rings. The van der Waals surface area contributed by atoms with Gasteiger partial charge in [0.1, 0.15) is 12.8 Å². The maximum absolute atomic E-state index is 10.6. The molecule has 2 rings (SSSR count). The van der Waals surface area contributed by atoms with E-state index in [-0.39, 0.29) is 15.9 Å². The van der Waals surface area contributed by atoms with E-state index in [2.05, 4.69) is 0 Å². The van der Waals surface area contributed by atoms with Gasteiger partial charge in [-0.1, -0.05) is 0 Å². The minimum absolute atomic E-state index is 0.00556. The molecule has 2 fully saturated rings. The topological polar surface area (TPSA) is 151 Å². The highest BCUT2D eigenvalue weighted by Gasteiger charge is 2.20. The van der Waals surface area contributed by atoms with Crippen LogP contribution in [0.15, 0.2) is 0 Å². The van der Waals surface area contributed by atoms with E-state index in [1.165, 1.54) is 0 Å². The Kier molecular flexibility index (Phi) is 2.84. The largest absolute Gasteiger partial charge is 0.328 e. The summed E-state index contributed by atoms with van der Waals surface area (Å²) in [7, 11) is 0. The van der Waals surface area contributed by atoms with Crippen molar-refractivity contribution in [1.82, 2.24) is 21.2 Å². The summed E-state index contributed by atoms with van der Waals surface area (Å²) in [5.74, 6) is -3.25. The molecule has 0 saturated carbocycles. The van der Waals surface area contributed by atoms with Gasteiger partial charge in [0.25, 0.3) is 0 Å². The number of rotatable bonds is 0. The predicted molar refractivity (Wildman–Crippen MR) is 52.6 cm³/mol. The molecule has 2 heterocycles. The molecular formula is C8H8N4O6. The number of carbonyl (C=O) groups excluding carboxylic acids is 6. The first-order chi connectivity index (χ1) is 9.65. The Morgan fingerprint density at radius 3 is 1.56 bits per heavy atom. The van der Waals surface area contributed by atoms with Crippen LogP contribution in [0.2, 0.25) is 4.24 Å². The lowest BCUT2D eigenvalue weighted by Gasteiger charge is -2.09. The third kappa shape index (κ3) is 4.38. The summed E-state index contributed by atoms with van der Waals surface area (Å²) in [4.78, 5) is 62.9. The van der Waals surface area contributed by atoms with E-state index in [0.717, 1.165) is 0 Å². The Balaban J connectivity index is 0.000000211. The van der Waals surface area contributed by atoms with Crippen LogP contribution >= 0.6 is 0 Å². The third-order valence-corrected chi connectivity index (χ3v) is 1.53. The van der Waals surface area contributed by atoms with Crippen LogP contribution in [-0.4, -0.2) is 35.7 Å². The van der Waals surface area contributed by atoms with Crippen molar-refractivity contribution in [3.63, 3.8) is 0 Å². The van der Waals surface area contributed by atoms with E-state index in [1.54, 1.807) is 5.32 Å². The average Bonchev–Trinajstić information content (AvgIpc) is 2.41. The summed E-state index contributed by atoms with van der Waals surface area (Å²) in [5, 5.41) is 1.91. The second-order valence-corrected chi connectivity index (χ2v) is 3.01. The van der Waals surface area contributed by atoms with E-state index in [4.69, 9.17) is 4.24 Å². The van der Waals surface area contributed by atoms with Crippen molar-refractivity contribution in [2.75, 3.05) is 0 Å². The number of carbonyl (C=O) groups is 6. The molecule has 8 amide bonds. The van der Waals surface area contributed by atoms with Gasteiger partial charge in [-0.15, -0.1) is 0 Å². The number of imide groups is 4. The van der Waals surface area contributed by atoms with Gasteiger partial charge in [-0.25, -0.2) is 9.59 Å². The Morgan fingerprint density at radius 1 is 0.667 bits per heavy atom. The first-order valence-corrected chi connectivity index (χ1v) is 4.48. The second kappa shape index (κ2) is 5.52. The van der Waals surface area contributed by atoms with Gasteiger partial charge in [-0.2, -0.15) is 0 Å². The molecule has 2 aliphatic heterocycles. The van der Waals surface area contributed by atoms with Gasteiger partial charge in [0, 0.05) is 0 Å². The highest BCUT2D eigenvalue weighted by molar-refractivity contribution is 6.14. The third-order valence-electron chi connectivity index (χ3n) is 1.53. The van der Waals surface area contributed by atoms with E-state index < -0.39 is 48.5 Å². The van der Waals surface area contributed by atoms with Crippen LogP contribution < -0.4 is 21.2 Å². The lowest BCUT2D eigenvalue weighted by Crippen LogP contribution is -2.49. The van der Waals surface area contributed by atoms with Crippen molar-refractivity contribution in [3.05, 3.63) is 0 Å². The summed E-state index contributed by atoms with van der Waals surface area (Å²) >= 11 is 0. The van der Waals surface area contributed by atoms with Crippen molar-refractivity contribution in [2.24, 2.45) is 0 Å². The lowest BCUT2D eigenvalue weighted by molar-refractivity contribution is -0.131. The standard InChI is InChI=1S/2C4H4N2O3/c2*7-2-1-3(8)6-4(9)5-2/h2*1H2,(H2,5,6,7,8,9)/i/hT3. The van der Waals surface area contributed by atoms with Crippen LogP contribution in [0.4, 0.5) is 9.59 Å². The van der Waals surface area contributed by atoms with Gasteiger partial charge in [0.05, 0.1) is 0 Å². The van der Waals surface area contributed by atoms with Gasteiger partial charge in [0.2, 0.25) is 23.6 Å². The molecule has 10 heteroatoms. The van der Waals surface area contributed by atoms with Gasteiger partial charge >= 0.3 is 12.1 Å². The van der Waals surface area contributed by atoms with Crippen LogP contribution in [0.5, 0.6) is 0 Å². The minimum atomic E-state index is -1.23. The molecule has 0 radical (unpaired) electrons. The molecule has 0 bridgehead atoms. The maximum atomic E-state index is 10.6. The van der Waals surface area contributed by atoms with Crippen LogP contribution in [0, 0.1) is 0 Å². The molecule has 0 atom stereocenters. The van der Waals surface area contributed by atoms with Gasteiger partial charge in [-0.3, -0.25) is 40.4 Å². The van der Waals surface area contributed by atoms with Crippen LogP contribution in [-0.2, 0) is 19.2 Å². The molecule has 0 unspecified atom stereocenters. The zero-order valence-corrected chi connectivity index (χ0v) is 8.71. The smallest absolute Gasteiger partial charge is 0.277 e. The molecule has 96 valence electrons. The fourth-order valence-electron chi connectivity index (χ4n) is 0.928. The highest BCUT2D eigenvalue weighted by atomic mass is 16.2. The second-order valence-electron chi connectivity index (χ2n) is 3.01. The number of hydrogen-bond acceptors (Lipinski definition) is 6. The number of urea groups is 2. The van der Waals surface area contributed by atoms with Crippen LogP contribution in [0.25, 0.3) is 0 Å². The van der Waals surface area contributed by atoms with Crippen LogP contribution in [0.3, 0.4) is 0 Å². The molecule has 2 saturated heterocycles. The van der Waals surface area contributed by atoms with E-state index in [9.17, 15) is 28.8 Å². The molecule has 2 aliphatic rings. The molecule has 18 heavy (non-hydrogen) atoms. The number of amides is 8. The predicted octanol–water partition coefficient (Wildman–Crippen LogP) is -2.52. The molecule has 4 N–H and O–H groups in total. The van der Waals surface area contributed by atoms with Crippen molar-refractivity contribution in [1.29, 1.82) is 0 Å². The Morgan fingerprint density at radius 2 is 1.06 bits per heavy atom. The quantitative estimate of drug-likeness (QED) is 0.354. The fourth-order valence-corrected chi connectivity index (χ4v) is 0.928. The molecule has 0 aromatic carbocycles. The van der Waals surface area contributed by atoms with Crippen molar-refractivity contribution < 1.29 is 33.0 Å². The number of nitrogens with one attached hydrogen (secondary N) is 4. The zero-order chi connectivity index (χ0) is 16.3. The molecule has 10 nitrogen and oxygen atoms in total. The van der Waals surface area contributed by atoms with Crippen molar-refractivity contribution in [3.8, 4) is 0 Å². The minimum Gasteiger partial charge on any atom is -0.277 e. The average molecular weight is 262 g/mol. The number of barbiturate groups is 2. The molecule has 0 spiro atoms. The Bertz CT molecular complexity index is 510. The van der Waals surface area contributed by atoms with E-state index in [1.807, 2.05) is 0 Å². The Labute approximate surface area is 104 Å². The lowest BCUT2D eigenvalue weighted by atomic mass is 10.3. The summed E-state index contributed by atoms with van der Waals surface area (Å²) in [6.07, 6.45) is -1.01. The first kappa shape index (κ1) is 9.27. The first-order valence-electron chi connectivity index (χ1n) is 5.82. The van der Waals surface area contributed by atoms with E-state index >= 15 is 0 Å². The van der Waals surface area contributed by atoms with Crippen LogP contribution in [0.1, 0.15) is 12.8 Å². The zero-order valence-electron chi connectivity index (χ0n) is 11.7. The summed E-state index contributed by atoms with van der Waals surface area (Å²) in [5.41, 5.74) is 0. The summed E-state index contributed by atoms with van der Waals surface area (Å²) in [6.45, 7) is 0. The summed E-state index contributed by atoms with van der Waals surface area (Å²) < 4.78 is 20.1. The highest BCUT2D eigenvalue weighted by Crippen LogP contribution is 1.86. The fraction of sp³-hybridized carbons (Fsp3) is 0.250. The van der Waals surface area contributed by atoms with Gasteiger partial charge in [-0.05, 0) is 0 Å². The molecular weight excluding hydrogens is 248 g/mol.